The number of methoxy groups -OCH3 is 1. The third kappa shape index (κ3) is 4.73. The van der Waals surface area contributed by atoms with Crippen LogP contribution in [0, 0.1) is 0 Å². The zero-order chi connectivity index (χ0) is 17.5. The van der Waals surface area contributed by atoms with E-state index >= 15 is 0 Å². The summed E-state index contributed by atoms with van der Waals surface area (Å²) < 4.78 is 4.67. The molecule has 6 heteroatoms. The summed E-state index contributed by atoms with van der Waals surface area (Å²) in [4.78, 5) is 23.6. The van der Waals surface area contributed by atoms with Crippen molar-refractivity contribution < 1.29 is 14.3 Å². The minimum Gasteiger partial charge on any atom is -0.465 e. The van der Waals surface area contributed by atoms with Gasteiger partial charge >= 0.3 is 5.97 Å². The van der Waals surface area contributed by atoms with Crippen molar-refractivity contribution in [2.45, 2.75) is 13.3 Å². The average Bonchev–Trinajstić information content (AvgIpc) is 2.61. The minimum atomic E-state index is -0.463. The third-order valence-electron chi connectivity index (χ3n) is 3.47. The number of nitrogens with one attached hydrogen (secondary N) is 2. The van der Waals surface area contributed by atoms with Crippen LogP contribution in [0.1, 0.15) is 22.8 Å². The Morgan fingerprint density at radius 1 is 1.12 bits per heavy atom. The first-order chi connectivity index (χ1) is 11.5. The summed E-state index contributed by atoms with van der Waals surface area (Å²) in [7, 11) is 1.31. The van der Waals surface area contributed by atoms with E-state index in [0.717, 1.165) is 12.1 Å². The molecule has 0 aliphatic heterocycles. The maximum atomic E-state index is 12.0. The molecule has 0 aliphatic carbocycles. The Hall–Kier alpha value is -2.53. The van der Waals surface area contributed by atoms with Crippen LogP contribution in [-0.4, -0.2) is 25.5 Å². The summed E-state index contributed by atoms with van der Waals surface area (Å²) in [6, 6.07) is 12.4. The molecule has 5 nitrogen and oxygen atoms in total. The van der Waals surface area contributed by atoms with Crippen LogP contribution in [0.5, 0.6) is 0 Å². The fourth-order valence-electron chi connectivity index (χ4n) is 2.11. The van der Waals surface area contributed by atoms with Gasteiger partial charge in [-0.05, 0) is 42.3 Å². The number of hydrogen-bond acceptors (Lipinski definition) is 4. The number of hydrogen-bond donors (Lipinski definition) is 2. The molecule has 2 aromatic carbocycles. The van der Waals surface area contributed by atoms with Crippen LogP contribution >= 0.6 is 11.6 Å². The van der Waals surface area contributed by atoms with Crippen molar-refractivity contribution in [2.75, 3.05) is 24.3 Å². The molecular formula is C18H19ClN2O3. The smallest absolute Gasteiger partial charge is 0.337 e. The van der Waals surface area contributed by atoms with Crippen LogP contribution in [0.25, 0.3) is 0 Å². The van der Waals surface area contributed by atoms with Crippen molar-refractivity contribution in [2.24, 2.45) is 0 Å². The molecule has 0 spiro atoms. The normalized spacial score (nSPS) is 10.1. The Kier molecular flexibility index (Phi) is 6.21. The lowest BCUT2D eigenvalue weighted by atomic mass is 10.1. The SMILES string of the molecule is CCc1ccc(NC(=O)CNc2cc(C(=O)OC)ccc2Cl)cc1. The highest BCUT2D eigenvalue weighted by Crippen LogP contribution is 2.23. The lowest BCUT2D eigenvalue weighted by Gasteiger charge is -2.10. The van der Waals surface area contributed by atoms with Crippen molar-refractivity contribution in [1.82, 2.24) is 0 Å². The summed E-state index contributed by atoms with van der Waals surface area (Å²) in [5.74, 6) is -0.672. The summed E-state index contributed by atoms with van der Waals surface area (Å²) in [6.45, 7) is 2.10. The molecule has 2 aromatic rings. The van der Waals surface area contributed by atoms with Crippen LogP contribution in [-0.2, 0) is 16.0 Å². The van der Waals surface area contributed by atoms with E-state index < -0.39 is 5.97 Å². The van der Waals surface area contributed by atoms with E-state index in [4.69, 9.17) is 11.6 Å². The first-order valence-corrected chi connectivity index (χ1v) is 7.91. The van der Waals surface area contributed by atoms with Gasteiger partial charge in [-0.2, -0.15) is 0 Å². The van der Waals surface area contributed by atoms with Crippen LogP contribution in [0.2, 0.25) is 5.02 Å². The number of aryl methyl sites for hydroxylation is 1. The van der Waals surface area contributed by atoms with E-state index in [1.165, 1.54) is 12.7 Å². The first kappa shape index (κ1) is 17.8. The second kappa shape index (κ2) is 8.36. The van der Waals surface area contributed by atoms with E-state index in [9.17, 15) is 9.59 Å². The molecule has 1 amide bonds. The van der Waals surface area contributed by atoms with Gasteiger partial charge in [-0.3, -0.25) is 4.79 Å². The molecule has 0 saturated carbocycles. The lowest BCUT2D eigenvalue weighted by molar-refractivity contribution is -0.114. The van der Waals surface area contributed by atoms with Crippen LogP contribution in [0.15, 0.2) is 42.5 Å². The van der Waals surface area contributed by atoms with Crippen molar-refractivity contribution >= 4 is 34.9 Å². The van der Waals surface area contributed by atoms with E-state index in [1.807, 2.05) is 24.3 Å². The molecule has 0 heterocycles. The van der Waals surface area contributed by atoms with E-state index in [-0.39, 0.29) is 12.5 Å². The fraction of sp³-hybridized carbons (Fsp3) is 0.222. The molecule has 24 heavy (non-hydrogen) atoms. The second-order valence-corrected chi connectivity index (χ2v) is 5.55. The number of amides is 1. The molecular weight excluding hydrogens is 328 g/mol. The fourth-order valence-corrected chi connectivity index (χ4v) is 2.29. The van der Waals surface area contributed by atoms with Gasteiger partial charge in [0.15, 0.2) is 0 Å². The molecule has 0 saturated heterocycles. The summed E-state index contributed by atoms with van der Waals surface area (Å²) in [5.41, 5.74) is 2.79. The van der Waals surface area contributed by atoms with Gasteiger partial charge in [-0.25, -0.2) is 4.79 Å². The number of carbonyl (C=O) groups excluding carboxylic acids is 2. The van der Waals surface area contributed by atoms with Gasteiger partial charge in [0.2, 0.25) is 5.91 Å². The molecule has 0 fully saturated rings. The largest absolute Gasteiger partial charge is 0.465 e. The van der Waals surface area contributed by atoms with Gasteiger partial charge in [-0.1, -0.05) is 30.7 Å². The number of carbonyl (C=O) groups is 2. The summed E-state index contributed by atoms with van der Waals surface area (Å²) in [5, 5.41) is 6.14. The molecule has 0 atom stereocenters. The molecule has 0 radical (unpaired) electrons. The molecule has 0 unspecified atom stereocenters. The number of benzene rings is 2. The van der Waals surface area contributed by atoms with E-state index in [2.05, 4.69) is 22.3 Å². The predicted molar refractivity (Wildman–Crippen MR) is 95.7 cm³/mol. The zero-order valence-corrected chi connectivity index (χ0v) is 14.3. The monoisotopic (exact) mass is 346 g/mol. The Morgan fingerprint density at radius 2 is 1.83 bits per heavy atom. The second-order valence-electron chi connectivity index (χ2n) is 5.14. The van der Waals surface area contributed by atoms with Crippen LogP contribution < -0.4 is 10.6 Å². The number of anilines is 2. The van der Waals surface area contributed by atoms with Crippen LogP contribution in [0.4, 0.5) is 11.4 Å². The van der Waals surface area contributed by atoms with Crippen molar-refractivity contribution in [3.05, 3.63) is 58.6 Å². The predicted octanol–water partition coefficient (Wildman–Crippen LogP) is 3.74. The number of ether oxygens (including phenoxy) is 1. The Balaban J connectivity index is 1.96. The van der Waals surface area contributed by atoms with Gasteiger partial charge in [0.1, 0.15) is 0 Å². The maximum absolute atomic E-state index is 12.0. The third-order valence-corrected chi connectivity index (χ3v) is 3.80. The summed E-state index contributed by atoms with van der Waals surface area (Å²) in [6.07, 6.45) is 0.949. The van der Waals surface area contributed by atoms with Gasteiger partial charge in [0, 0.05) is 5.69 Å². The van der Waals surface area contributed by atoms with Gasteiger partial charge in [-0.15, -0.1) is 0 Å². The van der Waals surface area contributed by atoms with E-state index in [1.54, 1.807) is 18.2 Å². The quantitative estimate of drug-likeness (QED) is 0.782. The Labute approximate surface area is 146 Å². The minimum absolute atomic E-state index is 0.0277. The van der Waals surface area contributed by atoms with Crippen molar-refractivity contribution in [3.63, 3.8) is 0 Å². The highest BCUT2D eigenvalue weighted by atomic mass is 35.5. The highest BCUT2D eigenvalue weighted by molar-refractivity contribution is 6.33. The van der Waals surface area contributed by atoms with Crippen LogP contribution in [0.3, 0.4) is 0 Å². The summed E-state index contributed by atoms with van der Waals surface area (Å²) >= 11 is 6.07. The van der Waals surface area contributed by atoms with Crippen molar-refractivity contribution in [1.29, 1.82) is 0 Å². The van der Waals surface area contributed by atoms with Gasteiger partial charge in [0.05, 0.1) is 29.9 Å². The molecule has 0 aromatic heterocycles. The number of rotatable bonds is 6. The highest BCUT2D eigenvalue weighted by Gasteiger charge is 2.10. The zero-order valence-electron chi connectivity index (χ0n) is 13.6. The van der Waals surface area contributed by atoms with Gasteiger partial charge in [0.25, 0.3) is 0 Å². The van der Waals surface area contributed by atoms with E-state index in [0.29, 0.717) is 16.3 Å². The molecule has 2 N–H and O–H groups in total. The average molecular weight is 347 g/mol. The first-order valence-electron chi connectivity index (χ1n) is 7.54. The Morgan fingerprint density at radius 3 is 2.46 bits per heavy atom. The molecule has 126 valence electrons. The maximum Gasteiger partial charge on any atom is 0.337 e. The number of esters is 1. The lowest BCUT2D eigenvalue weighted by Crippen LogP contribution is -2.22. The Bertz CT molecular complexity index is 730. The number of halogens is 1. The molecule has 0 bridgehead atoms. The van der Waals surface area contributed by atoms with Gasteiger partial charge < -0.3 is 15.4 Å². The standard InChI is InChI=1S/C18H19ClN2O3/c1-3-12-4-7-14(8-5-12)21-17(22)11-20-16-10-13(18(23)24-2)6-9-15(16)19/h4-10,20H,3,11H2,1-2H3,(H,21,22). The van der Waals surface area contributed by atoms with Crippen molar-refractivity contribution in [3.8, 4) is 0 Å². The topological polar surface area (TPSA) is 67.4 Å². The molecule has 0 aliphatic rings. The molecule has 2 rings (SSSR count).